The molecule has 0 N–H and O–H groups in total. The third kappa shape index (κ3) is 2.75. The second-order valence-electron chi connectivity index (χ2n) is 7.76. The zero-order valence-corrected chi connectivity index (χ0v) is 15.5. The summed E-state index contributed by atoms with van der Waals surface area (Å²) in [7, 11) is 0. The monoisotopic (exact) mass is 350 g/mol. The fraction of sp³-hybridized carbons (Fsp3) is 0.737. The van der Waals surface area contributed by atoms with Gasteiger partial charge in [-0.05, 0) is 38.7 Å². The summed E-state index contributed by atoms with van der Waals surface area (Å²) >= 11 is 0. The first-order chi connectivity index (χ1) is 11.7. The Balaban J connectivity index is 2.10. The minimum atomic E-state index is -0.675. The summed E-state index contributed by atoms with van der Waals surface area (Å²) in [6.07, 6.45) is 0.802. The SMILES string of the molecule is CC(=O)OC1CCC(C)=C2C3OC(=O)C(C)C3CC(OC(C)=O)C21C. The van der Waals surface area contributed by atoms with Crippen LogP contribution in [-0.4, -0.2) is 36.2 Å². The number of fused-ring (bicyclic) bond motifs is 3. The molecule has 2 aliphatic carbocycles. The zero-order chi connectivity index (χ0) is 18.5. The van der Waals surface area contributed by atoms with Gasteiger partial charge in [0.05, 0.1) is 11.3 Å². The molecule has 1 saturated heterocycles. The van der Waals surface area contributed by atoms with Gasteiger partial charge in [-0.15, -0.1) is 0 Å². The molecule has 0 aromatic heterocycles. The molecule has 6 unspecified atom stereocenters. The van der Waals surface area contributed by atoms with Crippen molar-refractivity contribution in [2.24, 2.45) is 17.3 Å². The number of allylic oxidation sites excluding steroid dienone is 1. The lowest BCUT2D eigenvalue weighted by molar-refractivity contribution is -0.177. The van der Waals surface area contributed by atoms with Crippen LogP contribution in [0, 0.1) is 17.3 Å². The number of hydrogen-bond donors (Lipinski definition) is 0. The lowest BCUT2D eigenvalue weighted by Crippen LogP contribution is -2.57. The van der Waals surface area contributed by atoms with Crippen molar-refractivity contribution in [1.82, 2.24) is 0 Å². The first kappa shape index (κ1) is 18.0. The van der Waals surface area contributed by atoms with Crippen LogP contribution >= 0.6 is 0 Å². The summed E-state index contributed by atoms with van der Waals surface area (Å²) in [6, 6.07) is 0. The van der Waals surface area contributed by atoms with Crippen molar-refractivity contribution in [1.29, 1.82) is 0 Å². The maximum atomic E-state index is 12.2. The lowest BCUT2D eigenvalue weighted by atomic mass is 9.56. The molecule has 6 heteroatoms. The van der Waals surface area contributed by atoms with Crippen LogP contribution in [0.15, 0.2) is 11.1 Å². The Morgan fingerprint density at radius 2 is 1.76 bits per heavy atom. The molecule has 0 aromatic carbocycles. The molecule has 0 radical (unpaired) electrons. The molecule has 138 valence electrons. The highest BCUT2D eigenvalue weighted by molar-refractivity contribution is 5.76. The highest BCUT2D eigenvalue weighted by Gasteiger charge is 2.62. The molecule has 1 saturated carbocycles. The van der Waals surface area contributed by atoms with Gasteiger partial charge in [-0.2, -0.15) is 0 Å². The normalized spacial score (nSPS) is 40.0. The fourth-order valence-corrected chi connectivity index (χ4v) is 4.95. The Labute approximate surface area is 147 Å². The molecule has 3 aliphatic rings. The zero-order valence-electron chi connectivity index (χ0n) is 15.5. The molecule has 6 nitrogen and oxygen atoms in total. The third-order valence-corrected chi connectivity index (χ3v) is 6.19. The van der Waals surface area contributed by atoms with Gasteiger partial charge >= 0.3 is 17.9 Å². The standard InChI is InChI=1S/C19H26O6/c1-9-6-7-14(23-11(3)20)19(5)15(24-12(4)21)8-13-10(2)18(22)25-17(13)16(9)19/h10,13-15,17H,6-8H2,1-5H3. The van der Waals surface area contributed by atoms with Crippen LogP contribution in [-0.2, 0) is 28.6 Å². The van der Waals surface area contributed by atoms with E-state index in [2.05, 4.69) is 0 Å². The summed E-state index contributed by atoms with van der Waals surface area (Å²) in [5, 5.41) is 0. The van der Waals surface area contributed by atoms with E-state index < -0.39 is 17.6 Å². The van der Waals surface area contributed by atoms with E-state index in [1.165, 1.54) is 13.8 Å². The molecule has 0 bridgehead atoms. The molecular formula is C19H26O6. The van der Waals surface area contributed by atoms with Crippen molar-refractivity contribution in [3.63, 3.8) is 0 Å². The van der Waals surface area contributed by atoms with Crippen molar-refractivity contribution in [3.05, 3.63) is 11.1 Å². The number of carbonyl (C=O) groups is 3. The molecule has 6 atom stereocenters. The van der Waals surface area contributed by atoms with Crippen LogP contribution in [0.25, 0.3) is 0 Å². The quantitative estimate of drug-likeness (QED) is 0.433. The minimum Gasteiger partial charge on any atom is -0.461 e. The van der Waals surface area contributed by atoms with Gasteiger partial charge in [-0.1, -0.05) is 12.5 Å². The molecule has 0 spiro atoms. The van der Waals surface area contributed by atoms with Crippen LogP contribution < -0.4 is 0 Å². The average molecular weight is 350 g/mol. The molecule has 3 rings (SSSR count). The Hall–Kier alpha value is -1.85. The van der Waals surface area contributed by atoms with Crippen LogP contribution in [0.2, 0.25) is 0 Å². The molecule has 1 heterocycles. The van der Waals surface area contributed by atoms with Gasteiger partial charge in [0.15, 0.2) is 0 Å². The topological polar surface area (TPSA) is 78.9 Å². The van der Waals surface area contributed by atoms with Crippen molar-refractivity contribution in [2.75, 3.05) is 0 Å². The minimum absolute atomic E-state index is 0.0223. The fourth-order valence-electron chi connectivity index (χ4n) is 4.95. The second kappa shape index (κ2) is 6.15. The smallest absolute Gasteiger partial charge is 0.309 e. The third-order valence-electron chi connectivity index (χ3n) is 6.19. The van der Waals surface area contributed by atoms with Crippen molar-refractivity contribution in [3.8, 4) is 0 Å². The summed E-state index contributed by atoms with van der Waals surface area (Å²) in [5.41, 5.74) is 1.44. The Morgan fingerprint density at radius 1 is 1.16 bits per heavy atom. The molecule has 0 aromatic rings. The summed E-state index contributed by atoms with van der Waals surface area (Å²) in [5.74, 6) is -1.19. The van der Waals surface area contributed by atoms with Gasteiger partial charge in [0.2, 0.25) is 0 Å². The Bertz CT molecular complexity index is 650. The Kier molecular flexibility index (Phi) is 4.41. The van der Waals surface area contributed by atoms with Gasteiger partial charge < -0.3 is 14.2 Å². The van der Waals surface area contributed by atoms with Crippen LogP contribution in [0.1, 0.15) is 53.9 Å². The van der Waals surface area contributed by atoms with E-state index in [1.54, 1.807) is 0 Å². The lowest BCUT2D eigenvalue weighted by Gasteiger charge is -2.53. The highest BCUT2D eigenvalue weighted by Crippen LogP contribution is 2.57. The molecular weight excluding hydrogens is 324 g/mol. The van der Waals surface area contributed by atoms with E-state index in [-0.39, 0.29) is 35.8 Å². The van der Waals surface area contributed by atoms with Gasteiger partial charge in [0.25, 0.3) is 0 Å². The van der Waals surface area contributed by atoms with E-state index in [0.717, 1.165) is 17.6 Å². The van der Waals surface area contributed by atoms with Crippen LogP contribution in [0.5, 0.6) is 0 Å². The van der Waals surface area contributed by atoms with E-state index >= 15 is 0 Å². The van der Waals surface area contributed by atoms with E-state index in [0.29, 0.717) is 12.8 Å². The van der Waals surface area contributed by atoms with Crippen LogP contribution in [0.3, 0.4) is 0 Å². The predicted octanol–water partition coefficient (Wildman–Crippen LogP) is 2.55. The highest BCUT2D eigenvalue weighted by atomic mass is 16.6. The molecule has 0 amide bonds. The Morgan fingerprint density at radius 3 is 2.36 bits per heavy atom. The predicted molar refractivity (Wildman–Crippen MR) is 88.3 cm³/mol. The van der Waals surface area contributed by atoms with E-state index in [1.807, 2.05) is 20.8 Å². The number of ether oxygens (including phenoxy) is 3. The van der Waals surface area contributed by atoms with Crippen molar-refractivity contribution >= 4 is 17.9 Å². The number of esters is 3. The second-order valence-corrected chi connectivity index (χ2v) is 7.76. The van der Waals surface area contributed by atoms with E-state index in [4.69, 9.17) is 14.2 Å². The number of hydrogen-bond acceptors (Lipinski definition) is 6. The summed E-state index contributed by atoms with van der Waals surface area (Å²) < 4.78 is 17.0. The van der Waals surface area contributed by atoms with Gasteiger partial charge in [0.1, 0.15) is 18.3 Å². The maximum Gasteiger partial charge on any atom is 0.309 e. The molecule has 1 aliphatic heterocycles. The average Bonchev–Trinajstić information content (AvgIpc) is 2.77. The number of carbonyl (C=O) groups excluding carboxylic acids is 3. The summed E-state index contributed by atoms with van der Waals surface area (Å²) in [4.78, 5) is 35.5. The van der Waals surface area contributed by atoms with Crippen molar-refractivity contribution < 1.29 is 28.6 Å². The largest absolute Gasteiger partial charge is 0.461 e. The van der Waals surface area contributed by atoms with Gasteiger partial charge in [-0.25, -0.2) is 0 Å². The van der Waals surface area contributed by atoms with Gasteiger partial charge in [0, 0.05) is 19.8 Å². The molecule has 2 fully saturated rings. The first-order valence-electron chi connectivity index (χ1n) is 8.91. The maximum absolute atomic E-state index is 12.2. The first-order valence-corrected chi connectivity index (χ1v) is 8.91. The summed E-state index contributed by atoms with van der Waals surface area (Å²) in [6.45, 7) is 8.64. The number of rotatable bonds is 2. The van der Waals surface area contributed by atoms with Crippen LogP contribution in [0.4, 0.5) is 0 Å². The van der Waals surface area contributed by atoms with E-state index in [9.17, 15) is 14.4 Å². The molecule has 25 heavy (non-hydrogen) atoms. The van der Waals surface area contributed by atoms with Crippen molar-refractivity contribution in [2.45, 2.75) is 72.2 Å². The van der Waals surface area contributed by atoms with Gasteiger partial charge in [-0.3, -0.25) is 14.4 Å².